The molecule has 29 heavy (non-hydrogen) atoms. The van der Waals surface area contributed by atoms with E-state index in [0.29, 0.717) is 12.0 Å². The minimum absolute atomic E-state index is 0. The van der Waals surface area contributed by atoms with Crippen molar-refractivity contribution in [3.8, 4) is 0 Å². The number of para-hydroxylation sites is 1. The Morgan fingerprint density at radius 2 is 1.69 bits per heavy atom. The maximum absolute atomic E-state index is 4.50. The van der Waals surface area contributed by atoms with Gasteiger partial charge in [0, 0.05) is 63.9 Å². The molecular weight excluding hydrogens is 477 g/mol. The number of halogens is 1. The lowest BCUT2D eigenvalue weighted by atomic mass is 10.0. The van der Waals surface area contributed by atoms with E-state index in [0.717, 1.165) is 50.3 Å². The maximum Gasteiger partial charge on any atom is 0.225 e. The summed E-state index contributed by atoms with van der Waals surface area (Å²) < 4.78 is 0. The molecule has 7 nitrogen and oxygen atoms in total. The summed E-state index contributed by atoms with van der Waals surface area (Å²) in [5.41, 5.74) is 1.15. The predicted octanol–water partition coefficient (Wildman–Crippen LogP) is 2.93. The molecule has 1 aromatic heterocycles. The molecule has 1 aliphatic heterocycles. The summed E-state index contributed by atoms with van der Waals surface area (Å²) in [7, 11) is 1.85. The van der Waals surface area contributed by atoms with Gasteiger partial charge in [-0.15, -0.1) is 24.0 Å². The van der Waals surface area contributed by atoms with Crippen molar-refractivity contribution in [3.63, 3.8) is 0 Å². The Kier molecular flexibility index (Phi) is 9.43. The second-order valence-corrected chi connectivity index (χ2v) is 7.31. The Morgan fingerprint density at radius 3 is 2.28 bits per heavy atom. The van der Waals surface area contributed by atoms with Gasteiger partial charge in [0.2, 0.25) is 5.95 Å². The highest BCUT2D eigenvalue weighted by atomic mass is 127. The summed E-state index contributed by atoms with van der Waals surface area (Å²) in [5, 5.41) is 7.19. The van der Waals surface area contributed by atoms with E-state index in [9.17, 15) is 0 Å². The van der Waals surface area contributed by atoms with Gasteiger partial charge >= 0.3 is 0 Å². The predicted molar refractivity (Wildman–Crippen MR) is 131 cm³/mol. The van der Waals surface area contributed by atoms with Crippen LogP contribution in [0.2, 0.25) is 0 Å². The molecule has 0 saturated carbocycles. The van der Waals surface area contributed by atoms with Crippen LogP contribution in [0.25, 0.3) is 0 Å². The van der Waals surface area contributed by atoms with E-state index in [2.05, 4.69) is 73.5 Å². The first-order valence-corrected chi connectivity index (χ1v) is 9.96. The average molecular weight is 509 g/mol. The lowest BCUT2D eigenvalue weighted by Gasteiger charge is -2.37. The highest BCUT2D eigenvalue weighted by molar-refractivity contribution is 14.0. The van der Waals surface area contributed by atoms with Gasteiger partial charge in [0.15, 0.2) is 5.96 Å². The number of rotatable bonds is 6. The first-order chi connectivity index (χ1) is 13.7. The number of nitrogens with zero attached hydrogens (tertiary/aromatic N) is 5. The monoisotopic (exact) mass is 509 g/mol. The minimum Gasteiger partial charge on any atom is -0.380 e. The second kappa shape index (κ2) is 11.8. The molecule has 0 spiro atoms. The molecule has 1 fully saturated rings. The lowest BCUT2D eigenvalue weighted by Crippen LogP contribution is -2.54. The summed E-state index contributed by atoms with van der Waals surface area (Å²) in [6, 6.07) is 12.5. The summed E-state index contributed by atoms with van der Waals surface area (Å²) in [6.07, 6.45) is 3.59. The summed E-state index contributed by atoms with van der Waals surface area (Å²) >= 11 is 0. The number of piperazine rings is 1. The molecule has 2 heterocycles. The quantitative estimate of drug-likeness (QED) is 0.355. The SMILES string of the molecule is CN=C(NCC(Nc1ccccc1)C(C)C)N1CCN(c2ncccn2)CC1.I. The van der Waals surface area contributed by atoms with Gasteiger partial charge in [-0.05, 0) is 24.1 Å². The number of hydrogen-bond donors (Lipinski definition) is 2. The molecule has 0 amide bonds. The molecule has 0 radical (unpaired) electrons. The molecule has 0 aliphatic carbocycles. The summed E-state index contributed by atoms with van der Waals surface area (Å²) in [5.74, 6) is 2.25. The Hall–Kier alpha value is -2.10. The third-order valence-corrected chi connectivity index (χ3v) is 5.04. The van der Waals surface area contributed by atoms with Gasteiger partial charge in [-0.3, -0.25) is 4.99 Å². The van der Waals surface area contributed by atoms with Gasteiger partial charge in [0.25, 0.3) is 0 Å². The van der Waals surface area contributed by atoms with Gasteiger partial charge in [0.1, 0.15) is 0 Å². The Balaban J connectivity index is 0.00000300. The Bertz CT molecular complexity index is 731. The van der Waals surface area contributed by atoms with Crippen LogP contribution >= 0.6 is 24.0 Å². The van der Waals surface area contributed by atoms with E-state index in [1.807, 2.05) is 19.2 Å². The molecular formula is C21H32IN7. The van der Waals surface area contributed by atoms with Crippen molar-refractivity contribution in [2.45, 2.75) is 19.9 Å². The molecule has 1 saturated heterocycles. The first-order valence-electron chi connectivity index (χ1n) is 9.96. The normalized spacial score (nSPS) is 15.7. The molecule has 0 bridgehead atoms. The van der Waals surface area contributed by atoms with E-state index in [4.69, 9.17) is 0 Å². The van der Waals surface area contributed by atoms with Crippen LogP contribution < -0.4 is 15.5 Å². The Morgan fingerprint density at radius 1 is 1.03 bits per heavy atom. The molecule has 1 aliphatic rings. The highest BCUT2D eigenvalue weighted by Crippen LogP contribution is 2.13. The second-order valence-electron chi connectivity index (χ2n) is 7.31. The number of guanidine groups is 1. The fourth-order valence-electron chi connectivity index (χ4n) is 3.31. The van der Waals surface area contributed by atoms with Gasteiger partial charge in [-0.1, -0.05) is 32.0 Å². The first kappa shape index (κ1) is 23.2. The number of anilines is 2. The standard InChI is InChI=1S/C21H31N7.HI/c1-17(2)19(26-18-8-5-4-6-9-18)16-25-20(22-3)27-12-14-28(15-13-27)21-23-10-7-11-24-21;/h4-11,17,19,26H,12-16H2,1-3H3,(H,22,25);1H. The zero-order valence-corrected chi connectivity index (χ0v) is 19.8. The largest absolute Gasteiger partial charge is 0.380 e. The lowest BCUT2D eigenvalue weighted by molar-refractivity contribution is 0.367. The zero-order valence-electron chi connectivity index (χ0n) is 17.5. The molecule has 2 aromatic rings. The van der Waals surface area contributed by atoms with Gasteiger partial charge in [-0.2, -0.15) is 0 Å². The summed E-state index contributed by atoms with van der Waals surface area (Å²) in [4.78, 5) is 17.7. The Labute approximate surface area is 191 Å². The fraction of sp³-hybridized carbons (Fsp3) is 0.476. The van der Waals surface area contributed by atoms with Crippen molar-refractivity contribution in [3.05, 3.63) is 48.8 Å². The number of benzene rings is 1. The fourth-order valence-corrected chi connectivity index (χ4v) is 3.31. The van der Waals surface area contributed by atoms with E-state index in [1.165, 1.54) is 0 Å². The third kappa shape index (κ3) is 6.73. The van der Waals surface area contributed by atoms with E-state index in [1.54, 1.807) is 12.4 Å². The number of aromatic nitrogens is 2. The van der Waals surface area contributed by atoms with Crippen molar-refractivity contribution in [1.29, 1.82) is 0 Å². The maximum atomic E-state index is 4.50. The van der Waals surface area contributed by atoms with Crippen LogP contribution in [0.4, 0.5) is 11.6 Å². The molecule has 2 N–H and O–H groups in total. The molecule has 1 unspecified atom stereocenters. The van der Waals surface area contributed by atoms with Gasteiger partial charge < -0.3 is 20.4 Å². The van der Waals surface area contributed by atoms with Crippen molar-refractivity contribution < 1.29 is 0 Å². The van der Waals surface area contributed by atoms with Crippen molar-refractivity contribution in [1.82, 2.24) is 20.2 Å². The van der Waals surface area contributed by atoms with Gasteiger partial charge in [0.05, 0.1) is 0 Å². The average Bonchev–Trinajstić information content (AvgIpc) is 2.75. The van der Waals surface area contributed by atoms with E-state index < -0.39 is 0 Å². The molecule has 8 heteroatoms. The molecule has 1 atom stereocenters. The van der Waals surface area contributed by atoms with E-state index >= 15 is 0 Å². The van der Waals surface area contributed by atoms with Crippen LogP contribution in [0.3, 0.4) is 0 Å². The van der Waals surface area contributed by atoms with Crippen LogP contribution in [0.5, 0.6) is 0 Å². The summed E-state index contributed by atoms with van der Waals surface area (Å²) in [6.45, 7) is 8.88. The van der Waals surface area contributed by atoms with Crippen LogP contribution in [-0.2, 0) is 0 Å². The zero-order chi connectivity index (χ0) is 19.8. The van der Waals surface area contributed by atoms with Crippen LogP contribution in [0.1, 0.15) is 13.8 Å². The van der Waals surface area contributed by atoms with Crippen LogP contribution in [0.15, 0.2) is 53.8 Å². The minimum atomic E-state index is 0. The van der Waals surface area contributed by atoms with Crippen LogP contribution in [0, 0.1) is 5.92 Å². The number of nitrogens with one attached hydrogen (secondary N) is 2. The molecule has 158 valence electrons. The van der Waals surface area contributed by atoms with Crippen molar-refractivity contribution in [2.75, 3.05) is 50.0 Å². The van der Waals surface area contributed by atoms with E-state index in [-0.39, 0.29) is 24.0 Å². The molecule has 3 rings (SSSR count). The number of aliphatic imine (C=N–C) groups is 1. The molecule has 1 aromatic carbocycles. The van der Waals surface area contributed by atoms with Gasteiger partial charge in [-0.25, -0.2) is 9.97 Å². The van der Waals surface area contributed by atoms with Crippen LogP contribution in [-0.4, -0.2) is 66.6 Å². The third-order valence-electron chi connectivity index (χ3n) is 5.04. The van der Waals surface area contributed by atoms with Crippen molar-refractivity contribution >= 4 is 41.6 Å². The highest BCUT2D eigenvalue weighted by Gasteiger charge is 2.22. The smallest absolute Gasteiger partial charge is 0.225 e. The number of hydrogen-bond acceptors (Lipinski definition) is 5. The van der Waals surface area contributed by atoms with Crippen molar-refractivity contribution in [2.24, 2.45) is 10.9 Å². The topological polar surface area (TPSA) is 68.7 Å².